The summed E-state index contributed by atoms with van der Waals surface area (Å²) in [6, 6.07) is 0. The van der Waals surface area contributed by atoms with Gasteiger partial charge >= 0.3 is 0 Å². The molecule has 0 aromatic rings. The van der Waals surface area contributed by atoms with Crippen molar-refractivity contribution in [2.75, 3.05) is 0 Å². The lowest BCUT2D eigenvalue weighted by Gasteiger charge is -2.52. The minimum absolute atomic E-state index is 0.0913. The summed E-state index contributed by atoms with van der Waals surface area (Å²) >= 11 is 0. The topological polar surface area (TPSA) is 60.7 Å². The molecule has 0 aromatic carbocycles. The smallest absolute Gasteiger partial charge is 0.0943 e. The summed E-state index contributed by atoms with van der Waals surface area (Å²) in [4.78, 5) is 0. The molecule has 0 unspecified atom stereocenters. The van der Waals surface area contributed by atoms with Crippen LogP contribution in [0.3, 0.4) is 0 Å². The fourth-order valence-corrected chi connectivity index (χ4v) is 5.50. The second-order valence-corrected chi connectivity index (χ2v) is 9.08. The zero-order valence-corrected chi connectivity index (χ0v) is 15.0. The molecule has 130 valence electrons. The standard InChI is InChI=1S/C20H32O3/c1-13(2)19(22)10-9-17(4)12-20(23)14(3)7-6-8-18(20,5)16(21)11-15(17)19/h11,13,16,21-23H,3,6-10,12H2,1-2,4-5H3/t16-,17-,18+,19+,20+/m1/s1. The van der Waals surface area contributed by atoms with E-state index in [2.05, 4.69) is 13.5 Å². The van der Waals surface area contributed by atoms with Gasteiger partial charge in [0, 0.05) is 5.41 Å². The highest BCUT2D eigenvalue weighted by Gasteiger charge is 2.62. The highest BCUT2D eigenvalue weighted by Crippen LogP contribution is 2.63. The Kier molecular flexibility index (Phi) is 3.69. The molecule has 3 N–H and O–H groups in total. The Hall–Kier alpha value is -0.640. The van der Waals surface area contributed by atoms with Crippen LogP contribution in [0.4, 0.5) is 0 Å². The lowest BCUT2D eigenvalue weighted by molar-refractivity contribution is -0.126. The summed E-state index contributed by atoms with van der Waals surface area (Å²) in [5, 5.41) is 33.9. The molecule has 3 aliphatic carbocycles. The monoisotopic (exact) mass is 320 g/mol. The zero-order valence-electron chi connectivity index (χ0n) is 15.0. The molecule has 23 heavy (non-hydrogen) atoms. The first-order valence-electron chi connectivity index (χ1n) is 9.03. The molecule has 3 heteroatoms. The van der Waals surface area contributed by atoms with Crippen LogP contribution < -0.4 is 0 Å². The number of aliphatic hydroxyl groups excluding tert-OH is 1. The zero-order chi connectivity index (χ0) is 17.3. The molecule has 0 bridgehead atoms. The molecule has 0 spiro atoms. The van der Waals surface area contributed by atoms with Crippen LogP contribution in [-0.2, 0) is 0 Å². The van der Waals surface area contributed by atoms with Crippen molar-refractivity contribution in [3.63, 3.8) is 0 Å². The van der Waals surface area contributed by atoms with Crippen LogP contribution in [0.1, 0.15) is 66.2 Å². The molecule has 3 aliphatic rings. The van der Waals surface area contributed by atoms with Crippen LogP contribution in [-0.4, -0.2) is 32.6 Å². The van der Waals surface area contributed by atoms with Crippen molar-refractivity contribution in [3.8, 4) is 0 Å². The molecule has 0 amide bonds. The predicted octanol–water partition coefficient (Wildman–Crippen LogP) is 3.34. The SMILES string of the molecule is C=C1CCC[C@@]2(C)[C@H](O)C=C3[C@](C)(CC[C@]3(O)C(C)C)C[C@]12O. The molecule has 5 atom stereocenters. The van der Waals surface area contributed by atoms with Gasteiger partial charge in [0.15, 0.2) is 0 Å². The Balaban J connectivity index is 2.16. The van der Waals surface area contributed by atoms with Crippen molar-refractivity contribution in [2.24, 2.45) is 16.7 Å². The first-order chi connectivity index (χ1) is 10.5. The number of fused-ring (bicyclic) bond motifs is 2. The first kappa shape index (κ1) is 17.2. The Labute approximate surface area is 140 Å². The largest absolute Gasteiger partial charge is 0.388 e. The Morgan fingerprint density at radius 2 is 1.83 bits per heavy atom. The van der Waals surface area contributed by atoms with Crippen LogP contribution in [0.2, 0.25) is 0 Å². The van der Waals surface area contributed by atoms with Crippen molar-refractivity contribution in [1.82, 2.24) is 0 Å². The number of hydrogen-bond acceptors (Lipinski definition) is 3. The average molecular weight is 320 g/mol. The molecule has 3 nitrogen and oxygen atoms in total. The molecule has 0 aromatic heterocycles. The van der Waals surface area contributed by atoms with Gasteiger partial charge in [-0.3, -0.25) is 0 Å². The van der Waals surface area contributed by atoms with E-state index in [1.54, 1.807) is 0 Å². The fourth-order valence-electron chi connectivity index (χ4n) is 5.50. The van der Waals surface area contributed by atoms with E-state index in [0.717, 1.165) is 36.8 Å². The first-order valence-corrected chi connectivity index (χ1v) is 9.03. The van der Waals surface area contributed by atoms with Crippen molar-refractivity contribution >= 4 is 0 Å². The molecular formula is C20H32O3. The molecule has 0 radical (unpaired) electrons. The third-order valence-corrected chi connectivity index (χ3v) is 7.46. The van der Waals surface area contributed by atoms with Gasteiger partial charge in [-0.1, -0.05) is 40.3 Å². The molecule has 2 fully saturated rings. The second kappa shape index (κ2) is 4.93. The molecule has 0 saturated heterocycles. The quantitative estimate of drug-likeness (QED) is 0.649. The molecule has 0 heterocycles. The molecule has 3 rings (SSSR count). The highest BCUT2D eigenvalue weighted by atomic mass is 16.3. The second-order valence-electron chi connectivity index (χ2n) is 9.08. The van der Waals surface area contributed by atoms with E-state index in [0.29, 0.717) is 12.8 Å². The summed E-state index contributed by atoms with van der Waals surface area (Å²) in [6.07, 6.45) is 5.75. The third kappa shape index (κ3) is 2.06. The van der Waals surface area contributed by atoms with E-state index < -0.39 is 22.7 Å². The van der Waals surface area contributed by atoms with E-state index in [-0.39, 0.29) is 11.3 Å². The maximum absolute atomic E-state index is 11.6. The summed E-state index contributed by atoms with van der Waals surface area (Å²) in [7, 11) is 0. The van der Waals surface area contributed by atoms with Crippen molar-refractivity contribution in [2.45, 2.75) is 83.5 Å². The van der Waals surface area contributed by atoms with E-state index in [1.807, 2.05) is 26.8 Å². The van der Waals surface area contributed by atoms with E-state index >= 15 is 0 Å². The molecular weight excluding hydrogens is 288 g/mol. The lowest BCUT2D eigenvalue weighted by atomic mass is 9.56. The van der Waals surface area contributed by atoms with Gasteiger partial charge in [-0.05, 0) is 61.0 Å². The summed E-state index contributed by atoms with van der Waals surface area (Å²) in [5.41, 5.74) is -1.07. The number of aliphatic hydroxyl groups is 3. The number of rotatable bonds is 1. The molecule has 0 aliphatic heterocycles. The van der Waals surface area contributed by atoms with Crippen molar-refractivity contribution in [1.29, 1.82) is 0 Å². The minimum Gasteiger partial charge on any atom is -0.388 e. The maximum atomic E-state index is 11.6. The summed E-state index contributed by atoms with van der Waals surface area (Å²) < 4.78 is 0. The third-order valence-electron chi connectivity index (χ3n) is 7.46. The minimum atomic E-state index is -1.07. The van der Waals surface area contributed by atoms with Crippen LogP contribution >= 0.6 is 0 Å². The van der Waals surface area contributed by atoms with Gasteiger partial charge in [0.25, 0.3) is 0 Å². The normalized spacial score (nSPS) is 50.3. The van der Waals surface area contributed by atoms with Gasteiger partial charge in [-0.15, -0.1) is 0 Å². The van der Waals surface area contributed by atoms with Gasteiger partial charge in [0.1, 0.15) is 0 Å². The summed E-state index contributed by atoms with van der Waals surface area (Å²) in [6.45, 7) is 12.4. The van der Waals surface area contributed by atoms with E-state index in [4.69, 9.17) is 0 Å². The number of hydrogen-bond donors (Lipinski definition) is 3. The van der Waals surface area contributed by atoms with Crippen LogP contribution in [0.5, 0.6) is 0 Å². The highest BCUT2D eigenvalue weighted by molar-refractivity contribution is 5.39. The Morgan fingerprint density at radius 3 is 2.43 bits per heavy atom. The summed E-state index contributed by atoms with van der Waals surface area (Å²) in [5.74, 6) is 0.0913. The Bertz CT molecular complexity index is 565. The van der Waals surface area contributed by atoms with E-state index in [9.17, 15) is 15.3 Å². The van der Waals surface area contributed by atoms with Gasteiger partial charge in [0.2, 0.25) is 0 Å². The van der Waals surface area contributed by atoms with Gasteiger partial charge < -0.3 is 15.3 Å². The van der Waals surface area contributed by atoms with Crippen LogP contribution in [0.25, 0.3) is 0 Å². The van der Waals surface area contributed by atoms with Gasteiger partial charge in [0.05, 0.1) is 17.3 Å². The predicted molar refractivity (Wildman–Crippen MR) is 91.9 cm³/mol. The van der Waals surface area contributed by atoms with Gasteiger partial charge in [-0.2, -0.15) is 0 Å². The lowest BCUT2D eigenvalue weighted by Crippen LogP contribution is -2.56. The van der Waals surface area contributed by atoms with Crippen molar-refractivity contribution < 1.29 is 15.3 Å². The molecule has 2 saturated carbocycles. The van der Waals surface area contributed by atoms with Gasteiger partial charge in [-0.25, -0.2) is 0 Å². The van der Waals surface area contributed by atoms with Crippen LogP contribution in [0, 0.1) is 16.7 Å². The average Bonchev–Trinajstić information content (AvgIpc) is 2.67. The van der Waals surface area contributed by atoms with E-state index in [1.165, 1.54) is 0 Å². The van der Waals surface area contributed by atoms with Crippen LogP contribution in [0.15, 0.2) is 23.8 Å². The maximum Gasteiger partial charge on any atom is 0.0943 e. The van der Waals surface area contributed by atoms with Crippen molar-refractivity contribution in [3.05, 3.63) is 23.8 Å². The Morgan fingerprint density at radius 1 is 1.17 bits per heavy atom. The fraction of sp³-hybridized carbons (Fsp3) is 0.800.